The summed E-state index contributed by atoms with van der Waals surface area (Å²) >= 11 is 13.2. The molecule has 0 saturated heterocycles. The summed E-state index contributed by atoms with van der Waals surface area (Å²) in [6.45, 7) is 0. The van der Waals surface area contributed by atoms with Gasteiger partial charge in [0.25, 0.3) is 5.91 Å². The molecule has 0 aliphatic rings. The number of carbonyl (C=O) groups is 3. The van der Waals surface area contributed by atoms with Gasteiger partial charge in [0.15, 0.2) is 0 Å². The van der Waals surface area contributed by atoms with Crippen LogP contribution < -0.4 is 10.6 Å². The summed E-state index contributed by atoms with van der Waals surface area (Å²) in [4.78, 5) is 37.8. The normalized spacial score (nSPS) is 10.7. The summed E-state index contributed by atoms with van der Waals surface area (Å²) in [6.07, 6.45) is 0. The van der Waals surface area contributed by atoms with E-state index in [1.165, 1.54) is 17.8 Å². The minimum Gasteiger partial charge on any atom is -0.478 e. The van der Waals surface area contributed by atoms with Gasteiger partial charge in [0, 0.05) is 27.2 Å². The minimum absolute atomic E-state index is 0.0607. The van der Waals surface area contributed by atoms with Crippen molar-refractivity contribution in [2.24, 2.45) is 0 Å². The summed E-state index contributed by atoms with van der Waals surface area (Å²) < 4.78 is 0. The highest BCUT2D eigenvalue weighted by Crippen LogP contribution is 2.27. The van der Waals surface area contributed by atoms with Crippen molar-refractivity contribution in [3.63, 3.8) is 0 Å². The summed E-state index contributed by atoms with van der Waals surface area (Å²) in [5.41, 5.74) is 1.39. The van der Waals surface area contributed by atoms with Gasteiger partial charge in [0.1, 0.15) is 0 Å². The molecule has 9 heteroatoms. The number of rotatable bonds is 7. The van der Waals surface area contributed by atoms with Crippen molar-refractivity contribution in [3.05, 3.63) is 100 Å². The number of halogens is 2. The molecule has 3 N–H and O–H groups in total. The van der Waals surface area contributed by atoms with Crippen LogP contribution in [0.1, 0.15) is 20.7 Å². The topological polar surface area (TPSA) is 95.5 Å². The average molecular weight is 525 g/mol. The van der Waals surface area contributed by atoms with Crippen LogP contribution >= 0.6 is 35.0 Å². The van der Waals surface area contributed by atoms with Crippen molar-refractivity contribution in [1.29, 1.82) is 0 Å². The van der Waals surface area contributed by atoms with E-state index in [0.717, 1.165) is 4.90 Å². The second kappa shape index (κ2) is 10.8. The molecule has 4 rings (SSSR count). The Morgan fingerprint density at radius 1 is 0.771 bits per heavy atom. The lowest BCUT2D eigenvalue weighted by molar-refractivity contribution is -0.113. The second-order valence-corrected chi connectivity index (χ2v) is 9.33. The zero-order chi connectivity index (χ0) is 24.9. The number of hydrogen-bond donors (Lipinski definition) is 3. The molecule has 0 unspecified atom stereocenters. The Balaban J connectivity index is 1.45. The molecular formula is C26H18Cl2N2O4S. The largest absolute Gasteiger partial charge is 0.478 e. The highest BCUT2D eigenvalue weighted by atomic mass is 35.5. The quantitative estimate of drug-likeness (QED) is 0.230. The molecule has 4 aromatic carbocycles. The average Bonchev–Trinajstić information content (AvgIpc) is 2.84. The van der Waals surface area contributed by atoms with Crippen LogP contribution in [-0.2, 0) is 4.79 Å². The fourth-order valence-electron chi connectivity index (χ4n) is 3.49. The fourth-order valence-corrected chi connectivity index (χ4v) is 4.54. The Kier molecular flexibility index (Phi) is 7.60. The molecule has 0 spiro atoms. The smallest absolute Gasteiger partial charge is 0.336 e. The highest BCUT2D eigenvalue weighted by molar-refractivity contribution is 8.00. The van der Waals surface area contributed by atoms with Crippen LogP contribution in [0.4, 0.5) is 11.4 Å². The van der Waals surface area contributed by atoms with Gasteiger partial charge < -0.3 is 15.7 Å². The number of aromatic carboxylic acids is 1. The zero-order valence-electron chi connectivity index (χ0n) is 18.0. The number of thioether (sulfide) groups is 1. The molecule has 0 bridgehead atoms. The Morgan fingerprint density at radius 3 is 2.17 bits per heavy atom. The molecule has 35 heavy (non-hydrogen) atoms. The van der Waals surface area contributed by atoms with Crippen LogP contribution in [0.3, 0.4) is 0 Å². The Labute approximate surface area is 215 Å². The molecular weight excluding hydrogens is 507 g/mol. The lowest BCUT2D eigenvalue weighted by Gasteiger charge is -2.11. The number of carboxylic acids is 1. The molecule has 176 valence electrons. The van der Waals surface area contributed by atoms with Crippen LogP contribution in [0, 0.1) is 0 Å². The number of hydrogen-bond acceptors (Lipinski definition) is 4. The van der Waals surface area contributed by atoms with Crippen molar-refractivity contribution >= 4 is 74.9 Å². The molecule has 0 saturated carbocycles. The molecule has 0 heterocycles. The van der Waals surface area contributed by atoms with Gasteiger partial charge in [0.2, 0.25) is 5.91 Å². The van der Waals surface area contributed by atoms with Crippen molar-refractivity contribution in [2.45, 2.75) is 4.90 Å². The van der Waals surface area contributed by atoms with E-state index in [0.29, 0.717) is 32.2 Å². The minimum atomic E-state index is -1.10. The predicted octanol–water partition coefficient (Wildman–Crippen LogP) is 6.83. The van der Waals surface area contributed by atoms with E-state index in [4.69, 9.17) is 23.2 Å². The number of benzene rings is 4. The molecule has 2 amide bonds. The van der Waals surface area contributed by atoms with Crippen molar-refractivity contribution in [1.82, 2.24) is 0 Å². The van der Waals surface area contributed by atoms with E-state index in [9.17, 15) is 19.5 Å². The second-order valence-electron chi connectivity index (χ2n) is 7.46. The van der Waals surface area contributed by atoms with E-state index in [1.54, 1.807) is 66.7 Å². The first-order valence-corrected chi connectivity index (χ1v) is 12.1. The molecule has 0 aliphatic carbocycles. The maximum absolute atomic E-state index is 13.0. The van der Waals surface area contributed by atoms with E-state index < -0.39 is 11.9 Å². The zero-order valence-corrected chi connectivity index (χ0v) is 20.4. The fraction of sp³-hybridized carbons (Fsp3) is 0.0385. The Morgan fingerprint density at radius 2 is 1.46 bits per heavy atom. The first-order chi connectivity index (χ1) is 16.8. The van der Waals surface area contributed by atoms with Gasteiger partial charge in [-0.25, -0.2) is 4.79 Å². The lowest BCUT2D eigenvalue weighted by atomic mass is 9.98. The van der Waals surface area contributed by atoms with Crippen molar-refractivity contribution in [3.8, 4) is 0 Å². The van der Waals surface area contributed by atoms with Gasteiger partial charge in [-0.15, -0.1) is 11.8 Å². The standard InChI is InChI=1S/C26H18Cl2N2O4S/c27-21-11-10-17(13-22(21)28)29-23(31)14-35-18-7-3-6-16(12-18)30-25(32)19-8-1-4-15-5-2-9-20(24(15)19)26(33)34/h1-13H,14H2,(H,29,31)(H,30,32)(H,33,34). The number of fused-ring (bicyclic) bond motifs is 1. The van der Waals surface area contributed by atoms with E-state index in [-0.39, 0.29) is 22.8 Å². The van der Waals surface area contributed by atoms with Crippen molar-refractivity contribution in [2.75, 3.05) is 16.4 Å². The number of carbonyl (C=O) groups excluding carboxylic acids is 2. The SMILES string of the molecule is O=C(CSc1cccc(NC(=O)c2cccc3cccc(C(=O)O)c23)c1)Nc1ccc(Cl)c(Cl)c1. The maximum atomic E-state index is 13.0. The van der Waals surface area contributed by atoms with E-state index in [2.05, 4.69) is 10.6 Å². The van der Waals surface area contributed by atoms with Crippen LogP contribution in [0.25, 0.3) is 10.8 Å². The first-order valence-electron chi connectivity index (χ1n) is 10.4. The number of anilines is 2. The van der Waals surface area contributed by atoms with Gasteiger partial charge in [0.05, 0.1) is 21.4 Å². The molecule has 0 fully saturated rings. The third-order valence-electron chi connectivity index (χ3n) is 5.04. The highest BCUT2D eigenvalue weighted by Gasteiger charge is 2.17. The van der Waals surface area contributed by atoms with Gasteiger partial charge in [-0.2, -0.15) is 0 Å². The van der Waals surface area contributed by atoms with Crippen molar-refractivity contribution < 1.29 is 19.5 Å². The van der Waals surface area contributed by atoms with Gasteiger partial charge >= 0.3 is 5.97 Å². The van der Waals surface area contributed by atoms with Crippen LogP contribution in [0.15, 0.2) is 83.8 Å². The summed E-state index contributed by atoms with van der Waals surface area (Å²) in [5, 5.41) is 16.9. The van der Waals surface area contributed by atoms with Gasteiger partial charge in [-0.05, 0) is 53.9 Å². The molecule has 0 aromatic heterocycles. The number of carboxylic acid groups (broad SMARTS) is 1. The monoisotopic (exact) mass is 524 g/mol. The van der Waals surface area contributed by atoms with Crippen LogP contribution in [0.2, 0.25) is 10.0 Å². The lowest BCUT2D eigenvalue weighted by Crippen LogP contribution is -2.14. The summed E-state index contributed by atoms with van der Waals surface area (Å²) in [5.74, 6) is -1.61. The van der Waals surface area contributed by atoms with E-state index >= 15 is 0 Å². The third-order valence-corrected chi connectivity index (χ3v) is 6.78. The Bertz CT molecular complexity index is 1450. The van der Waals surface area contributed by atoms with Gasteiger partial charge in [-0.1, -0.05) is 53.5 Å². The molecule has 4 aromatic rings. The molecule has 6 nitrogen and oxygen atoms in total. The van der Waals surface area contributed by atoms with E-state index in [1.807, 2.05) is 6.07 Å². The summed E-state index contributed by atoms with van der Waals surface area (Å²) in [7, 11) is 0. The first kappa shape index (κ1) is 24.6. The van der Waals surface area contributed by atoms with Crippen LogP contribution in [0.5, 0.6) is 0 Å². The molecule has 0 atom stereocenters. The molecule has 0 aliphatic heterocycles. The third kappa shape index (κ3) is 5.95. The molecule has 0 radical (unpaired) electrons. The summed E-state index contributed by atoms with van der Waals surface area (Å²) in [6, 6.07) is 21.9. The Hall–Kier alpha value is -3.52. The number of nitrogens with one attached hydrogen (secondary N) is 2. The van der Waals surface area contributed by atoms with Crippen LogP contribution in [-0.4, -0.2) is 28.6 Å². The number of amides is 2. The predicted molar refractivity (Wildman–Crippen MR) is 141 cm³/mol. The maximum Gasteiger partial charge on any atom is 0.336 e. The van der Waals surface area contributed by atoms with Gasteiger partial charge in [-0.3, -0.25) is 9.59 Å².